The summed E-state index contributed by atoms with van der Waals surface area (Å²) in [6.45, 7) is 5.27. The molecule has 1 aromatic rings. The van der Waals surface area contributed by atoms with E-state index in [1.165, 1.54) is 11.3 Å². The summed E-state index contributed by atoms with van der Waals surface area (Å²) in [6.07, 6.45) is 2.92. The Morgan fingerprint density at radius 2 is 2.00 bits per heavy atom. The van der Waals surface area contributed by atoms with Crippen molar-refractivity contribution in [3.05, 3.63) is 16.3 Å². The Balaban J connectivity index is 2.39. The number of unbranched alkanes of at least 4 members (excludes halogenated alkanes) is 1. The lowest BCUT2D eigenvalue weighted by atomic mass is 10.3. The van der Waals surface area contributed by atoms with E-state index in [0.29, 0.717) is 11.4 Å². The zero-order valence-corrected chi connectivity index (χ0v) is 14.8. The number of hydrogen-bond donors (Lipinski definition) is 2. The molecule has 1 rings (SSSR count). The minimum Gasteiger partial charge on any atom is -0.312 e. The third kappa shape index (κ3) is 7.37. The quantitative estimate of drug-likeness (QED) is 0.607. The minimum atomic E-state index is -3.35. The Morgan fingerprint density at radius 1 is 1.24 bits per heavy atom. The van der Waals surface area contributed by atoms with E-state index in [1.54, 1.807) is 11.4 Å². The van der Waals surface area contributed by atoms with E-state index < -0.39 is 10.0 Å². The number of nitrogens with zero attached hydrogens (tertiary/aromatic N) is 1. The summed E-state index contributed by atoms with van der Waals surface area (Å²) in [6, 6.07) is 1.76. The van der Waals surface area contributed by atoms with Gasteiger partial charge in [0, 0.05) is 23.3 Å². The lowest BCUT2D eigenvalue weighted by molar-refractivity contribution is 0.394. The van der Waals surface area contributed by atoms with Gasteiger partial charge in [-0.15, -0.1) is 11.3 Å². The number of sulfonamides is 1. The van der Waals surface area contributed by atoms with Crippen LogP contribution in [-0.4, -0.2) is 47.0 Å². The maximum Gasteiger partial charge on any atom is 0.241 e. The van der Waals surface area contributed by atoms with Crippen molar-refractivity contribution >= 4 is 21.4 Å². The number of rotatable bonds is 11. The van der Waals surface area contributed by atoms with Crippen molar-refractivity contribution in [1.29, 1.82) is 0 Å². The molecular formula is C14H27N3O2S2. The molecule has 21 heavy (non-hydrogen) atoms. The first-order valence-corrected chi connectivity index (χ1v) is 9.74. The second kappa shape index (κ2) is 9.53. The summed E-state index contributed by atoms with van der Waals surface area (Å²) < 4.78 is 26.9. The first-order valence-electron chi connectivity index (χ1n) is 7.38. The van der Waals surface area contributed by atoms with Crippen molar-refractivity contribution in [2.75, 3.05) is 33.7 Å². The van der Waals surface area contributed by atoms with E-state index in [4.69, 9.17) is 0 Å². The molecule has 0 spiro atoms. The van der Waals surface area contributed by atoms with Gasteiger partial charge >= 0.3 is 0 Å². The molecule has 5 nitrogen and oxygen atoms in total. The van der Waals surface area contributed by atoms with Crippen LogP contribution in [0.25, 0.3) is 0 Å². The highest BCUT2D eigenvalue weighted by Gasteiger charge is 2.15. The van der Waals surface area contributed by atoms with Gasteiger partial charge in [0.2, 0.25) is 10.0 Å². The molecule has 0 atom stereocenters. The Morgan fingerprint density at radius 3 is 2.67 bits per heavy atom. The average molecular weight is 334 g/mol. The molecule has 1 aromatic heterocycles. The molecule has 0 aliphatic heterocycles. The van der Waals surface area contributed by atoms with Crippen molar-refractivity contribution in [2.24, 2.45) is 0 Å². The van der Waals surface area contributed by atoms with Gasteiger partial charge in [-0.25, -0.2) is 13.1 Å². The van der Waals surface area contributed by atoms with E-state index >= 15 is 0 Å². The van der Waals surface area contributed by atoms with Gasteiger partial charge in [0.15, 0.2) is 0 Å². The van der Waals surface area contributed by atoms with Crippen LogP contribution in [-0.2, 0) is 16.6 Å². The van der Waals surface area contributed by atoms with Crippen molar-refractivity contribution in [2.45, 2.75) is 37.6 Å². The van der Waals surface area contributed by atoms with E-state index in [-0.39, 0.29) is 0 Å². The Hall–Kier alpha value is -0.470. The van der Waals surface area contributed by atoms with E-state index in [2.05, 4.69) is 21.9 Å². The molecule has 0 unspecified atom stereocenters. The van der Waals surface area contributed by atoms with Crippen molar-refractivity contribution in [1.82, 2.24) is 14.9 Å². The van der Waals surface area contributed by atoms with Crippen LogP contribution in [0.3, 0.4) is 0 Å². The van der Waals surface area contributed by atoms with Crippen molar-refractivity contribution in [3.63, 3.8) is 0 Å². The largest absolute Gasteiger partial charge is 0.312 e. The van der Waals surface area contributed by atoms with Crippen LogP contribution in [0.15, 0.2) is 16.3 Å². The van der Waals surface area contributed by atoms with Crippen LogP contribution >= 0.6 is 11.3 Å². The molecule has 0 saturated carbocycles. The molecule has 0 radical (unpaired) electrons. The van der Waals surface area contributed by atoms with Crippen LogP contribution in [0.2, 0.25) is 0 Å². The second-order valence-corrected chi connectivity index (χ2v) is 8.10. The zero-order valence-electron chi connectivity index (χ0n) is 13.2. The van der Waals surface area contributed by atoms with Crippen LogP contribution in [0.4, 0.5) is 0 Å². The Labute approximate surface area is 132 Å². The van der Waals surface area contributed by atoms with Gasteiger partial charge in [0.25, 0.3) is 0 Å². The fourth-order valence-corrected chi connectivity index (χ4v) is 4.14. The van der Waals surface area contributed by atoms with Gasteiger partial charge in [-0.2, -0.15) is 0 Å². The third-order valence-corrected chi connectivity index (χ3v) is 5.52. The predicted molar refractivity (Wildman–Crippen MR) is 89.3 cm³/mol. The summed E-state index contributed by atoms with van der Waals surface area (Å²) in [5.41, 5.74) is 0. The third-order valence-electron chi connectivity index (χ3n) is 2.99. The molecule has 2 N–H and O–H groups in total. The first-order chi connectivity index (χ1) is 9.95. The number of hydrogen-bond acceptors (Lipinski definition) is 5. The van der Waals surface area contributed by atoms with Crippen LogP contribution in [0.5, 0.6) is 0 Å². The van der Waals surface area contributed by atoms with Gasteiger partial charge in [-0.05, 0) is 52.5 Å². The fraction of sp³-hybridized carbons (Fsp3) is 0.714. The molecule has 0 aliphatic rings. The summed E-state index contributed by atoms with van der Waals surface area (Å²) >= 11 is 1.49. The molecule has 0 bridgehead atoms. The molecule has 0 saturated heterocycles. The normalized spacial score (nSPS) is 12.2. The SMILES string of the molecule is CCCNCc1cc(S(=O)(=O)NCCCCN(C)C)cs1. The van der Waals surface area contributed by atoms with Crippen LogP contribution < -0.4 is 10.0 Å². The van der Waals surface area contributed by atoms with Gasteiger partial charge in [-0.3, -0.25) is 0 Å². The van der Waals surface area contributed by atoms with Crippen LogP contribution in [0, 0.1) is 0 Å². The van der Waals surface area contributed by atoms with E-state index in [0.717, 1.165) is 43.8 Å². The second-order valence-electron chi connectivity index (χ2n) is 5.33. The smallest absolute Gasteiger partial charge is 0.241 e. The monoisotopic (exact) mass is 333 g/mol. The van der Waals surface area contributed by atoms with Gasteiger partial charge < -0.3 is 10.2 Å². The fourth-order valence-electron chi connectivity index (χ4n) is 1.83. The van der Waals surface area contributed by atoms with Crippen molar-refractivity contribution in [3.8, 4) is 0 Å². The van der Waals surface area contributed by atoms with E-state index in [9.17, 15) is 8.42 Å². The molecule has 0 fully saturated rings. The van der Waals surface area contributed by atoms with Crippen molar-refractivity contribution < 1.29 is 8.42 Å². The highest BCUT2D eigenvalue weighted by molar-refractivity contribution is 7.89. The summed E-state index contributed by atoms with van der Waals surface area (Å²) in [5.74, 6) is 0. The molecular weight excluding hydrogens is 306 g/mol. The Bertz CT molecular complexity index is 498. The zero-order chi connectivity index (χ0) is 15.7. The standard InChI is InChI=1S/C14H27N3O2S2/c1-4-7-15-11-13-10-14(12-20-13)21(18,19)16-8-5-6-9-17(2)3/h10,12,15-16H,4-9,11H2,1-3H3. The van der Waals surface area contributed by atoms with Crippen LogP contribution in [0.1, 0.15) is 31.1 Å². The summed E-state index contributed by atoms with van der Waals surface area (Å²) in [7, 11) is 0.683. The summed E-state index contributed by atoms with van der Waals surface area (Å²) in [4.78, 5) is 3.54. The molecule has 0 aromatic carbocycles. The number of thiophene rings is 1. The van der Waals surface area contributed by atoms with Gasteiger partial charge in [0.05, 0.1) is 4.90 Å². The van der Waals surface area contributed by atoms with Gasteiger partial charge in [-0.1, -0.05) is 6.92 Å². The minimum absolute atomic E-state index is 0.383. The highest BCUT2D eigenvalue weighted by atomic mass is 32.2. The molecule has 0 aliphatic carbocycles. The topological polar surface area (TPSA) is 61.4 Å². The molecule has 1 heterocycles. The number of nitrogens with one attached hydrogen (secondary N) is 2. The Kier molecular flexibility index (Phi) is 8.43. The summed E-state index contributed by atoms with van der Waals surface area (Å²) in [5, 5.41) is 4.99. The molecule has 0 amide bonds. The maximum atomic E-state index is 12.1. The van der Waals surface area contributed by atoms with Gasteiger partial charge in [0.1, 0.15) is 0 Å². The average Bonchev–Trinajstić information content (AvgIpc) is 2.88. The first kappa shape index (κ1) is 18.6. The maximum absolute atomic E-state index is 12.1. The highest BCUT2D eigenvalue weighted by Crippen LogP contribution is 2.19. The lowest BCUT2D eigenvalue weighted by Crippen LogP contribution is -2.25. The lowest BCUT2D eigenvalue weighted by Gasteiger charge is -2.09. The predicted octanol–water partition coefficient (Wildman–Crippen LogP) is 1.87. The molecule has 7 heteroatoms. The van der Waals surface area contributed by atoms with E-state index in [1.807, 2.05) is 14.1 Å². The molecule has 122 valence electrons.